The van der Waals surface area contributed by atoms with Gasteiger partial charge in [-0.05, 0) is 25.7 Å². The molecule has 0 bridgehead atoms. The van der Waals surface area contributed by atoms with E-state index in [1.807, 2.05) is 0 Å². The first-order valence-corrected chi connectivity index (χ1v) is 31.5. The maximum absolute atomic E-state index is 9.19. The standard InChI is InChI=1S/2C25H49N3.2CH4O3S/c2*1-2-3-4-5-6-7-8-9-10-11-12-13-14-15-16-17-21-27-23-19-24-28-22-18-20-26-25(27)28;2*1-5(2,3)4/h2*2-24H2,1H3;2*1H3,(H,2,3,4). The maximum Gasteiger partial charge on any atom is 0.298 e. The van der Waals surface area contributed by atoms with E-state index < -0.39 is 20.2 Å². The number of hydrogen-bond acceptors (Lipinski definition) is 10. The number of aliphatic imine (C=N–C) groups is 2. The van der Waals surface area contributed by atoms with Crippen molar-refractivity contribution in [1.82, 2.24) is 14.7 Å². The van der Waals surface area contributed by atoms with Crippen LogP contribution in [0, 0.1) is 0 Å². The smallest absolute Gasteiger partial charge is 0.298 e. The maximum atomic E-state index is 9.19. The molecule has 4 rings (SSSR count). The lowest BCUT2D eigenvalue weighted by Crippen LogP contribution is -3.18. The quantitative estimate of drug-likeness (QED) is 0.0474. The van der Waals surface area contributed by atoms with Crippen LogP contribution in [0.15, 0.2) is 9.98 Å². The van der Waals surface area contributed by atoms with Gasteiger partial charge in [0.25, 0.3) is 16.1 Å². The van der Waals surface area contributed by atoms with Crippen LogP contribution in [0.3, 0.4) is 0 Å². The first kappa shape index (κ1) is 62.5. The molecule has 2 N–H and O–H groups in total. The van der Waals surface area contributed by atoms with Crippen molar-refractivity contribution in [3.8, 4) is 0 Å². The van der Waals surface area contributed by atoms with Crippen LogP contribution >= 0.6 is 0 Å². The van der Waals surface area contributed by atoms with Gasteiger partial charge in [-0.2, -0.15) is 8.42 Å². The summed E-state index contributed by atoms with van der Waals surface area (Å²) < 4.78 is 53.1. The number of unbranched alkanes of at least 4 members (excludes halogenated alkanes) is 30. The molecule has 0 amide bonds. The molecule has 0 radical (unpaired) electrons. The summed E-state index contributed by atoms with van der Waals surface area (Å²) in [4.78, 5) is 19.0. The van der Waals surface area contributed by atoms with E-state index in [9.17, 15) is 8.42 Å². The summed E-state index contributed by atoms with van der Waals surface area (Å²) in [5.41, 5.74) is 0. The highest BCUT2D eigenvalue weighted by Crippen LogP contribution is 2.18. The van der Waals surface area contributed by atoms with E-state index in [2.05, 4.69) is 28.5 Å². The van der Waals surface area contributed by atoms with Gasteiger partial charge in [-0.25, -0.2) is 13.4 Å². The molecule has 4 aliphatic heterocycles. The van der Waals surface area contributed by atoms with Gasteiger partial charge in [0.1, 0.15) is 0 Å². The summed E-state index contributed by atoms with van der Waals surface area (Å²) in [5, 5.41) is 0. The third kappa shape index (κ3) is 40.4. The number of nitrogens with one attached hydrogen (secondary N) is 1. The molecule has 4 heterocycles. The second-order valence-corrected chi connectivity index (χ2v) is 22.8. The Bertz CT molecular complexity index is 1280. The number of nitrogens with zero attached hydrogens (tertiary/aromatic N) is 5. The molecule has 0 aromatic rings. The molecule has 66 heavy (non-hydrogen) atoms. The van der Waals surface area contributed by atoms with E-state index in [0.717, 1.165) is 13.1 Å². The van der Waals surface area contributed by atoms with Crippen LogP contribution in [0.25, 0.3) is 0 Å². The zero-order valence-electron chi connectivity index (χ0n) is 43.6. The minimum atomic E-state index is -3.92. The van der Waals surface area contributed by atoms with Crippen molar-refractivity contribution in [2.24, 2.45) is 9.98 Å². The van der Waals surface area contributed by atoms with Gasteiger partial charge in [0.05, 0.1) is 36.0 Å². The Morgan fingerprint density at radius 2 is 0.788 bits per heavy atom. The van der Waals surface area contributed by atoms with E-state index in [1.165, 1.54) is 295 Å². The van der Waals surface area contributed by atoms with Crippen molar-refractivity contribution in [2.45, 2.75) is 245 Å². The minimum absolute atomic E-state index is 0.604. The second-order valence-electron chi connectivity index (χ2n) is 19.9. The fourth-order valence-corrected chi connectivity index (χ4v) is 9.69. The van der Waals surface area contributed by atoms with Crippen LogP contribution in [0.1, 0.15) is 245 Å². The van der Waals surface area contributed by atoms with Crippen LogP contribution < -0.4 is 4.90 Å². The molecule has 0 spiro atoms. The van der Waals surface area contributed by atoms with Crippen molar-refractivity contribution in [1.29, 1.82) is 0 Å². The Kier molecular flexibility index (Phi) is 40.2. The van der Waals surface area contributed by atoms with E-state index in [-0.39, 0.29) is 0 Å². The van der Waals surface area contributed by atoms with E-state index in [4.69, 9.17) is 27.5 Å². The van der Waals surface area contributed by atoms with Crippen LogP contribution in [-0.4, -0.2) is 131 Å². The average molecular weight is 976 g/mol. The minimum Gasteiger partial charge on any atom is -0.748 e. The summed E-state index contributed by atoms with van der Waals surface area (Å²) in [5.74, 6) is 2.72. The first-order valence-electron chi connectivity index (χ1n) is 27.9. The molecule has 2 saturated heterocycles. The lowest BCUT2D eigenvalue weighted by Gasteiger charge is -2.41. The molecular weight excluding hydrogens is 869 g/mol. The Labute approximate surface area is 408 Å². The largest absolute Gasteiger partial charge is 0.748 e. The molecule has 14 heteroatoms. The zero-order valence-corrected chi connectivity index (χ0v) is 45.2. The van der Waals surface area contributed by atoms with Crippen molar-refractivity contribution in [3.63, 3.8) is 0 Å². The monoisotopic (exact) mass is 975 g/mol. The van der Waals surface area contributed by atoms with Crippen LogP contribution in [0.5, 0.6) is 0 Å². The third-order valence-corrected chi connectivity index (χ3v) is 13.2. The molecule has 4 aliphatic rings. The molecule has 392 valence electrons. The lowest BCUT2D eigenvalue weighted by molar-refractivity contribution is -0.818. The molecular formula is C52H106N6O6S2. The predicted octanol–water partition coefficient (Wildman–Crippen LogP) is 11.3. The molecule has 2 fully saturated rings. The molecule has 0 aromatic heterocycles. The molecule has 0 aliphatic carbocycles. The Morgan fingerprint density at radius 3 is 1.20 bits per heavy atom. The predicted molar refractivity (Wildman–Crippen MR) is 281 cm³/mol. The fraction of sp³-hybridized carbons (Fsp3) is 0.962. The van der Waals surface area contributed by atoms with Gasteiger partial charge in [0, 0.05) is 64.9 Å². The highest BCUT2D eigenvalue weighted by molar-refractivity contribution is 7.85. The SMILES string of the molecule is CCCCCCCCCCCCCCCCCCN1CCCN2CCCN=C12.CCCCCCCCCCCCCCCCCCN1CCC[NH+]2CCCN=C12.CS(=O)(=O)O.CS(=O)(=O)[O-]. The average Bonchev–Trinajstić information content (AvgIpc) is 3.28. The van der Waals surface area contributed by atoms with Gasteiger partial charge >= 0.3 is 0 Å². The summed E-state index contributed by atoms with van der Waals surface area (Å²) in [7, 11) is -7.58. The number of quaternary nitrogens is 1. The van der Waals surface area contributed by atoms with E-state index in [1.54, 1.807) is 4.90 Å². The Hall–Kier alpha value is -1.48. The van der Waals surface area contributed by atoms with E-state index in [0.29, 0.717) is 12.5 Å². The number of rotatable bonds is 34. The van der Waals surface area contributed by atoms with E-state index >= 15 is 0 Å². The topological polar surface area (TPSA) is 150 Å². The van der Waals surface area contributed by atoms with Crippen molar-refractivity contribution < 1.29 is 30.8 Å². The first-order chi connectivity index (χ1) is 31.8. The Morgan fingerprint density at radius 1 is 0.470 bits per heavy atom. The van der Waals surface area contributed by atoms with Crippen molar-refractivity contribution in [2.75, 3.05) is 78.0 Å². The van der Waals surface area contributed by atoms with Gasteiger partial charge in [0.2, 0.25) is 0 Å². The van der Waals surface area contributed by atoms with Crippen molar-refractivity contribution in [3.05, 3.63) is 0 Å². The fourth-order valence-electron chi connectivity index (χ4n) is 9.69. The van der Waals surface area contributed by atoms with Gasteiger partial charge in [-0.1, -0.05) is 206 Å². The van der Waals surface area contributed by atoms with Gasteiger partial charge < -0.3 is 19.3 Å². The van der Waals surface area contributed by atoms with Gasteiger partial charge in [-0.3, -0.25) is 14.4 Å². The summed E-state index contributed by atoms with van der Waals surface area (Å²) in [6.07, 6.45) is 52.9. The van der Waals surface area contributed by atoms with Gasteiger partial charge in [-0.15, -0.1) is 0 Å². The molecule has 1 atom stereocenters. The van der Waals surface area contributed by atoms with Crippen LogP contribution in [0.4, 0.5) is 0 Å². The highest BCUT2D eigenvalue weighted by atomic mass is 32.2. The summed E-state index contributed by atoms with van der Waals surface area (Å²) in [6, 6.07) is 0. The van der Waals surface area contributed by atoms with Crippen LogP contribution in [-0.2, 0) is 20.2 Å². The number of hydrogen-bond donors (Lipinski definition) is 2. The zero-order chi connectivity index (χ0) is 48.4. The normalized spacial score (nSPS) is 17.2. The lowest BCUT2D eigenvalue weighted by atomic mass is 10.0. The summed E-state index contributed by atoms with van der Waals surface area (Å²) >= 11 is 0. The second kappa shape index (κ2) is 42.4. The highest BCUT2D eigenvalue weighted by Gasteiger charge is 2.30. The Balaban J connectivity index is 0.000000547. The summed E-state index contributed by atoms with van der Waals surface area (Å²) in [6.45, 7) is 16.8. The third-order valence-electron chi connectivity index (χ3n) is 13.2. The van der Waals surface area contributed by atoms with Crippen LogP contribution in [0.2, 0.25) is 0 Å². The van der Waals surface area contributed by atoms with Gasteiger partial charge in [0.15, 0.2) is 5.96 Å². The number of guanidine groups is 2. The molecule has 0 aromatic carbocycles. The molecule has 1 unspecified atom stereocenters. The number of fused-ring (bicyclic) bond motifs is 2. The molecule has 12 nitrogen and oxygen atoms in total. The van der Waals surface area contributed by atoms with Crippen molar-refractivity contribution >= 4 is 32.2 Å². The molecule has 0 saturated carbocycles.